The normalized spacial score (nSPS) is 15.6. The maximum absolute atomic E-state index is 12.9. The van der Waals surface area contributed by atoms with Crippen LogP contribution < -0.4 is 4.74 Å². The molecule has 1 aliphatic heterocycles. The number of rotatable bonds is 6. The highest BCUT2D eigenvalue weighted by atomic mass is 32.2. The van der Waals surface area contributed by atoms with E-state index in [1.54, 1.807) is 0 Å². The molecule has 1 amide bonds. The molecule has 1 saturated heterocycles. The van der Waals surface area contributed by atoms with E-state index >= 15 is 0 Å². The Bertz CT molecular complexity index is 757. The molecule has 0 atom stereocenters. The molecule has 0 bridgehead atoms. The predicted molar refractivity (Wildman–Crippen MR) is 87.2 cm³/mol. The number of likely N-dealkylation sites (N-methyl/N-ethyl adjacent to an activating group) is 1. The van der Waals surface area contributed by atoms with Crippen LogP contribution >= 0.6 is 0 Å². The Balaban J connectivity index is 2.40. The lowest BCUT2D eigenvalue weighted by molar-refractivity contribution is -0.137. The van der Waals surface area contributed by atoms with Crippen molar-refractivity contribution in [3.05, 3.63) is 23.8 Å². The molecule has 1 aromatic carbocycles. The van der Waals surface area contributed by atoms with Crippen LogP contribution in [0.25, 0.3) is 0 Å². The number of sulfonamides is 1. The molecule has 25 heavy (non-hydrogen) atoms. The third-order valence-electron chi connectivity index (χ3n) is 3.72. The summed E-state index contributed by atoms with van der Waals surface area (Å²) in [6.45, 7) is 0.518. The molecule has 9 nitrogen and oxygen atoms in total. The Morgan fingerprint density at radius 1 is 1.32 bits per heavy atom. The molecular weight excluding hydrogens is 352 g/mol. The fraction of sp³-hybridized carbons (Fsp3) is 0.467. The van der Waals surface area contributed by atoms with Crippen molar-refractivity contribution in [2.45, 2.75) is 4.90 Å². The highest BCUT2D eigenvalue weighted by Gasteiger charge is 2.30. The number of nitrogens with zero attached hydrogens (tertiary/aromatic N) is 2. The Morgan fingerprint density at radius 2 is 1.96 bits per heavy atom. The van der Waals surface area contributed by atoms with E-state index in [0.29, 0.717) is 13.2 Å². The number of carboxylic acids is 1. The molecule has 0 aliphatic carbocycles. The van der Waals surface area contributed by atoms with Gasteiger partial charge in [-0.2, -0.15) is 4.31 Å². The molecule has 0 aromatic heterocycles. The fourth-order valence-electron chi connectivity index (χ4n) is 2.43. The molecule has 10 heteroatoms. The molecule has 1 fully saturated rings. The second-order valence-electron chi connectivity index (χ2n) is 5.44. The van der Waals surface area contributed by atoms with Gasteiger partial charge >= 0.3 is 5.97 Å². The lowest BCUT2D eigenvalue weighted by Crippen LogP contribution is -2.40. The summed E-state index contributed by atoms with van der Waals surface area (Å²) in [6, 6.07) is 4.00. The monoisotopic (exact) mass is 372 g/mol. The number of carbonyl (C=O) groups is 2. The number of aliphatic carboxylic acids is 1. The van der Waals surface area contributed by atoms with Crippen LogP contribution in [0, 0.1) is 0 Å². The van der Waals surface area contributed by atoms with Crippen molar-refractivity contribution in [1.82, 2.24) is 9.21 Å². The number of carbonyl (C=O) groups excluding carboxylic acids is 1. The van der Waals surface area contributed by atoms with Crippen molar-refractivity contribution in [2.24, 2.45) is 0 Å². The average Bonchev–Trinajstić information content (AvgIpc) is 2.60. The molecule has 1 aromatic rings. The quantitative estimate of drug-likeness (QED) is 0.740. The third-order valence-corrected chi connectivity index (χ3v) is 5.64. The van der Waals surface area contributed by atoms with Gasteiger partial charge in [0.15, 0.2) is 0 Å². The minimum atomic E-state index is -3.87. The number of hydrogen-bond donors (Lipinski definition) is 1. The highest BCUT2D eigenvalue weighted by Crippen LogP contribution is 2.28. The number of methoxy groups -OCH3 is 1. The summed E-state index contributed by atoms with van der Waals surface area (Å²) in [5.74, 6) is -1.64. The maximum Gasteiger partial charge on any atom is 0.323 e. The van der Waals surface area contributed by atoms with Gasteiger partial charge in [-0.15, -0.1) is 0 Å². The van der Waals surface area contributed by atoms with Crippen molar-refractivity contribution < 1.29 is 32.6 Å². The summed E-state index contributed by atoms with van der Waals surface area (Å²) in [5, 5.41) is 8.79. The van der Waals surface area contributed by atoms with Gasteiger partial charge in [-0.05, 0) is 18.2 Å². The van der Waals surface area contributed by atoms with E-state index in [9.17, 15) is 18.0 Å². The van der Waals surface area contributed by atoms with Crippen LogP contribution in [-0.4, -0.2) is 81.6 Å². The van der Waals surface area contributed by atoms with E-state index in [2.05, 4.69) is 0 Å². The second-order valence-corrected chi connectivity index (χ2v) is 7.34. The van der Waals surface area contributed by atoms with Crippen LogP contribution in [0.5, 0.6) is 5.75 Å². The first kappa shape index (κ1) is 19.2. The van der Waals surface area contributed by atoms with E-state index in [1.807, 2.05) is 0 Å². The van der Waals surface area contributed by atoms with Gasteiger partial charge in [0.25, 0.3) is 5.91 Å². The van der Waals surface area contributed by atoms with Crippen molar-refractivity contribution in [1.29, 1.82) is 0 Å². The summed E-state index contributed by atoms with van der Waals surface area (Å²) >= 11 is 0. The first-order chi connectivity index (χ1) is 11.8. The van der Waals surface area contributed by atoms with Crippen molar-refractivity contribution in [3.63, 3.8) is 0 Å². The molecule has 1 aliphatic rings. The van der Waals surface area contributed by atoms with Crippen LogP contribution in [0.4, 0.5) is 0 Å². The maximum atomic E-state index is 12.9. The zero-order chi connectivity index (χ0) is 18.6. The van der Waals surface area contributed by atoms with Gasteiger partial charge in [0, 0.05) is 25.7 Å². The van der Waals surface area contributed by atoms with Crippen LogP contribution in [0.1, 0.15) is 10.4 Å². The first-order valence-electron chi connectivity index (χ1n) is 7.50. The van der Waals surface area contributed by atoms with Gasteiger partial charge in [-0.25, -0.2) is 8.42 Å². The highest BCUT2D eigenvalue weighted by molar-refractivity contribution is 7.89. The smallest absolute Gasteiger partial charge is 0.323 e. The number of amides is 1. The van der Waals surface area contributed by atoms with E-state index < -0.39 is 28.4 Å². The van der Waals surface area contributed by atoms with Gasteiger partial charge in [0.2, 0.25) is 10.0 Å². The Hall–Kier alpha value is -2.17. The largest absolute Gasteiger partial charge is 0.495 e. The second kappa shape index (κ2) is 7.81. The standard InChI is InChI=1S/C15H20N2O7S/c1-16(10-14(18)19)15(20)11-3-4-12(23-2)13(9-11)25(21,22)17-5-7-24-8-6-17/h3-4,9H,5-8,10H2,1-2H3,(H,18,19). The third kappa shape index (κ3) is 4.27. The van der Waals surface area contributed by atoms with Gasteiger partial charge in [-0.3, -0.25) is 9.59 Å². The summed E-state index contributed by atoms with van der Waals surface area (Å²) in [4.78, 5) is 23.9. The zero-order valence-corrected chi connectivity index (χ0v) is 14.8. The van der Waals surface area contributed by atoms with E-state index in [0.717, 1.165) is 4.90 Å². The Labute approximate surface area is 145 Å². The number of carboxylic acid groups (broad SMARTS) is 1. The van der Waals surface area contributed by atoms with Crippen molar-refractivity contribution >= 4 is 21.9 Å². The molecule has 1 N–H and O–H groups in total. The molecule has 138 valence electrons. The fourth-order valence-corrected chi connectivity index (χ4v) is 4.02. The number of ether oxygens (including phenoxy) is 2. The van der Waals surface area contributed by atoms with Crippen molar-refractivity contribution in [2.75, 3.05) is 47.0 Å². The number of hydrogen-bond acceptors (Lipinski definition) is 6. The van der Waals surface area contributed by atoms with E-state index in [-0.39, 0.29) is 29.3 Å². The summed E-state index contributed by atoms with van der Waals surface area (Å²) in [7, 11) is -1.20. The van der Waals surface area contributed by atoms with Gasteiger partial charge in [0.1, 0.15) is 17.2 Å². The van der Waals surface area contributed by atoms with E-state index in [1.165, 1.54) is 36.7 Å². The molecule has 2 rings (SSSR count). The van der Waals surface area contributed by atoms with E-state index in [4.69, 9.17) is 14.6 Å². The van der Waals surface area contributed by atoms with Crippen molar-refractivity contribution in [3.8, 4) is 5.75 Å². The molecule has 0 radical (unpaired) electrons. The average molecular weight is 372 g/mol. The molecule has 1 heterocycles. The van der Waals surface area contributed by atoms with Gasteiger partial charge in [-0.1, -0.05) is 0 Å². The molecule has 0 unspecified atom stereocenters. The number of morpholine rings is 1. The van der Waals surface area contributed by atoms with Gasteiger partial charge in [0.05, 0.1) is 20.3 Å². The lowest BCUT2D eigenvalue weighted by Gasteiger charge is -2.27. The summed E-state index contributed by atoms with van der Waals surface area (Å²) in [6.07, 6.45) is 0. The minimum Gasteiger partial charge on any atom is -0.495 e. The van der Waals surface area contributed by atoms with Crippen LogP contribution in [0.15, 0.2) is 23.1 Å². The SMILES string of the molecule is COc1ccc(C(=O)N(C)CC(=O)O)cc1S(=O)(=O)N1CCOCC1. The predicted octanol–water partition coefficient (Wildman–Crippen LogP) is -0.127. The van der Waals surface area contributed by atoms with Crippen LogP contribution in [0.3, 0.4) is 0 Å². The lowest BCUT2D eigenvalue weighted by atomic mass is 10.2. The molecular formula is C15H20N2O7S. The zero-order valence-electron chi connectivity index (χ0n) is 14.0. The minimum absolute atomic E-state index is 0.0661. The number of benzene rings is 1. The Morgan fingerprint density at radius 3 is 2.52 bits per heavy atom. The van der Waals surface area contributed by atoms with Crippen LogP contribution in [0.2, 0.25) is 0 Å². The molecule has 0 saturated carbocycles. The Kier molecular flexibility index (Phi) is 5.98. The summed E-state index contributed by atoms with van der Waals surface area (Å²) < 4.78 is 37.3. The van der Waals surface area contributed by atoms with Gasteiger partial charge < -0.3 is 19.5 Å². The first-order valence-corrected chi connectivity index (χ1v) is 8.94. The molecule has 0 spiro atoms. The van der Waals surface area contributed by atoms with Crippen LogP contribution in [-0.2, 0) is 19.6 Å². The topological polar surface area (TPSA) is 113 Å². The summed E-state index contributed by atoms with van der Waals surface area (Å²) in [5.41, 5.74) is 0.0661.